The number of aryl methyl sites for hydroxylation is 1. The Kier molecular flexibility index (Phi) is 9.95. The molecule has 1 aliphatic carbocycles. The highest BCUT2D eigenvalue weighted by Gasteiger charge is 2.48. The molecule has 1 saturated heterocycles. The summed E-state index contributed by atoms with van der Waals surface area (Å²) < 4.78 is 18.3. The van der Waals surface area contributed by atoms with Crippen LogP contribution in [0.1, 0.15) is 91.7 Å². The first-order valence-electron chi connectivity index (χ1n) is 16.5. The third kappa shape index (κ3) is 6.94. The van der Waals surface area contributed by atoms with Gasteiger partial charge in [0, 0.05) is 12.0 Å². The summed E-state index contributed by atoms with van der Waals surface area (Å²) in [6.45, 7) is 10.4. The SMILES string of the molecule is CCOc1ccc2nc3c(nc2c1)O[C@H]1CN(C(=O)[C@H](C(C)(C)C)NC(=O)O[C@@H]2CCC[C@H]2CCCCC3)[C@H](C=O)[C@@H]1CC. The molecule has 10 nitrogen and oxygen atoms in total. The molecular formula is C34H48N4O6. The fourth-order valence-corrected chi connectivity index (χ4v) is 7.12. The van der Waals surface area contributed by atoms with Gasteiger partial charge in [0.2, 0.25) is 11.8 Å². The summed E-state index contributed by atoms with van der Waals surface area (Å²) in [5, 5.41) is 2.89. The summed E-state index contributed by atoms with van der Waals surface area (Å²) in [4.78, 5) is 51.4. The number of carbonyl (C=O) groups excluding carboxylic acids is 3. The Bertz CT molecular complexity index is 1340. The molecule has 1 saturated carbocycles. The molecule has 5 rings (SSSR count). The molecule has 0 spiro atoms. The number of aromatic nitrogens is 2. The minimum absolute atomic E-state index is 0.152. The van der Waals surface area contributed by atoms with Gasteiger partial charge in [-0.3, -0.25) is 4.79 Å². The van der Waals surface area contributed by atoms with Gasteiger partial charge in [-0.25, -0.2) is 14.8 Å². The van der Waals surface area contributed by atoms with Gasteiger partial charge in [0.15, 0.2) is 0 Å². The molecule has 2 fully saturated rings. The maximum Gasteiger partial charge on any atom is 0.408 e. The van der Waals surface area contributed by atoms with Crippen molar-refractivity contribution in [2.75, 3.05) is 13.2 Å². The number of hydrogen-bond acceptors (Lipinski definition) is 8. The molecule has 2 amide bonds. The molecule has 0 unspecified atom stereocenters. The quantitative estimate of drug-likeness (QED) is 0.443. The molecule has 240 valence electrons. The molecule has 3 aliphatic rings. The lowest BCUT2D eigenvalue weighted by molar-refractivity contribution is -0.139. The largest absolute Gasteiger partial charge is 0.494 e. The van der Waals surface area contributed by atoms with Crippen LogP contribution in [0.3, 0.4) is 0 Å². The summed E-state index contributed by atoms with van der Waals surface area (Å²) in [6.07, 6.45) is 7.82. The molecule has 44 heavy (non-hydrogen) atoms. The first-order chi connectivity index (χ1) is 21.1. The number of amides is 2. The van der Waals surface area contributed by atoms with Crippen molar-refractivity contribution in [1.82, 2.24) is 20.2 Å². The number of aldehydes is 1. The minimum Gasteiger partial charge on any atom is -0.494 e. The van der Waals surface area contributed by atoms with Gasteiger partial charge in [-0.05, 0) is 75.3 Å². The second-order valence-corrected chi connectivity index (χ2v) is 13.6. The molecule has 1 aromatic carbocycles. The van der Waals surface area contributed by atoms with Gasteiger partial charge in [0.25, 0.3) is 0 Å². The summed E-state index contributed by atoms with van der Waals surface area (Å²) in [5.74, 6) is 0.909. The van der Waals surface area contributed by atoms with Crippen molar-refractivity contribution in [3.63, 3.8) is 0 Å². The predicted octanol–water partition coefficient (Wildman–Crippen LogP) is 5.64. The second-order valence-electron chi connectivity index (χ2n) is 13.6. The zero-order valence-electron chi connectivity index (χ0n) is 26.8. The van der Waals surface area contributed by atoms with Crippen LogP contribution in [0.4, 0.5) is 4.79 Å². The number of nitrogens with zero attached hydrogens (tertiary/aromatic N) is 3. The Hall–Kier alpha value is -3.43. The van der Waals surface area contributed by atoms with Crippen LogP contribution in [0.25, 0.3) is 11.0 Å². The lowest BCUT2D eigenvalue weighted by atomic mass is 9.85. The van der Waals surface area contributed by atoms with E-state index in [1.54, 1.807) is 4.90 Å². The summed E-state index contributed by atoms with van der Waals surface area (Å²) in [7, 11) is 0. The number of rotatable bonds is 4. The highest BCUT2D eigenvalue weighted by atomic mass is 16.6. The Labute approximate surface area is 260 Å². The standard InChI is InChI=1S/C34H48N4O6/c1-6-23-27(20-39)38-19-29(23)43-31-25(35-24-17-16-22(42-7-2)18-26(24)36-31)14-10-8-9-12-21-13-11-15-28(21)44-33(41)37-30(32(38)40)34(3,4)5/h16-18,20-21,23,27-30H,6-15,19H2,1-5H3,(H,37,41)/t21-,23+,27-,28-,29+,30-/m1/s1. The second kappa shape index (κ2) is 13.7. The molecule has 10 heteroatoms. The number of ether oxygens (including phenoxy) is 3. The van der Waals surface area contributed by atoms with Crippen LogP contribution in [0.5, 0.6) is 11.6 Å². The van der Waals surface area contributed by atoms with Gasteiger partial charge >= 0.3 is 6.09 Å². The average Bonchev–Trinajstić information content (AvgIpc) is 3.57. The fraction of sp³-hybridized carbons (Fsp3) is 0.676. The number of benzene rings is 1. The van der Waals surface area contributed by atoms with Crippen LogP contribution < -0.4 is 14.8 Å². The highest BCUT2D eigenvalue weighted by Crippen LogP contribution is 2.36. The topological polar surface area (TPSA) is 120 Å². The van der Waals surface area contributed by atoms with E-state index in [9.17, 15) is 14.4 Å². The van der Waals surface area contributed by atoms with E-state index in [0.29, 0.717) is 42.5 Å². The van der Waals surface area contributed by atoms with E-state index >= 15 is 0 Å². The van der Waals surface area contributed by atoms with Crippen molar-refractivity contribution < 1.29 is 28.6 Å². The van der Waals surface area contributed by atoms with Gasteiger partial charge in [-0.2, -0.15) is 0 Å². The lowest BCUT2D eigenvalue weighted by Gasteiger charge is -2.35. The van der Waals surface area contributed by atoms with Crippen molar-refractivity contribution in [2.24, 2.45) is 17.3 Å². The van der Waals surface area contributed by atoms with E-state index in [1.165, 1.54) is 0 Å². The van der Waals surface area contributed by atoms with Crippen LogP contribution in [0.2, 0.25) is 0 Å². The molecule has 2 aliphatic heterocycles. The van der Waals surface area contributed by atoms with Crippen molar-refractivity contribution in [2.45, 2.75) is 117 Å². The number of fused-ring (bicyclic) bond motifs is 5. The Morgan fingerprint density at radius 3 is 2.52 bits per heavy atom. The van der Waals surface area contributed by atoms with Gasteiger partial charge in [-0.1, -0.05) is 40.5 Å². The number of carbonyl (C=O) groups is 3. The van der Waals surface area contributed by atoms with Crippen molar-refractivity contribution in [1.29, 1.82) is 0 Å². The first-order valence-corrected chi connectivity index (χ1v) is 16.5. The number of alkyl carbamates (subject to hydrolysis) is 1. The third-order valence-electron chi connectivity index (χ3n) is 9.50. The van der Waals surface area contributed by atoms with E-state index in [1.807, 2.05) is 52.8 Å². The van der Waals surface area contributed by atoms with Gasteiger partial charge < -0.3 is 29.2 Å². The van der Waals surface area contributed by atoms with Crippen LogP contribution in [-0.4, -0.2) is 70.6 Å². The maximum absolute atomic E-state index is 14.2. The molecule has 0 radical (unpaired) electrons. The van der Waals surface area contributed by atoms with E-state index in [4.69, 9.17) is 24.2 Å². The van der Waals surface area contributed by atoms with Crippen LogP contribution in [0.15, 0.2) is 18.2 Å². The minimum atomic E-state index is -0.875. The highest BCUT2D eigenvalue weighted by molar-refractivity contribution is 5.89. The van der Waals surface area contributed by atoms with Crippen LogP contribution >= 0.6 is 0 Å². The van der Waals surface area contributed by atoms with E-state index in [-0.39, 0.29) is 24.5 Å². The Morgan fingerprint density at radius 2 is 1.80 bits per heavy atom. The average molecular weight is 609 g/mol. The Balaban J connectivity index is 1.52. The Morgan fingerprint density at radius 1 is 1.00 bits per heavy atom. The molecule has 1 N–H and O–H groups in total. The normalized spacial score (nSPS) is 28.6. The lowest BCUT2D eigenvalue weighted by Crippen LogP contribution is -2.56. The van der Waals surface area contributed by atoms with Gasteiger partial charge in [-0.15, -0.1) is 0 Å². The van der Waals surface area contributed by atoms with Gasteiger partial charge in [0.05, 0.1) is 30.2 Å². The van der Waals surface area contributed by atoms with E-state index < -0.39 is 29.7 Å². The predicted molar refractivity (Wildman–Crippen MR) is 167 cm³/mol. The van der Waals surface area contributed by atoms with E-state index in [0.717, 1.165) is 62.4 Å². The summed E-state index contributed by atoms with van der Waals surface area (Å²) >= 11 is 0. The zero-order valence-corrected chi connectivity index (χ0v) is 26.8. The smallest absolute Gasteiger partial charge is 0.408 e. The van der Waals surface area contributed by atoms with Crippen molar-refractivity contribution >= 4 is 29.3 Å². The number of nitrogens with one attached hydrogen (secondary N) is 1. The summed E-state index contributed by atoms with van der Waals surface area (Å²) in [6, 6.07) is 4.13. The van der Waals surface area contributed by atoms with Gasteiger partial charge in [0.1, 0.15) is 36.0 Å². The summed E-state index contributed by atoms with van der Waals surface area (Å²) in [5.41, 5.74) is 1.61. The molecule has 3 heterocycles. The van der Waals surface area contributed by atoms with Crippen molar-refractivity contribution in [3.05, 3.63) is 23.9 Å². The molecule has 6 atom stereocenters. The molecule has 2 aromatic rings. The molecule has 1 aromatic heterocycles. The monoisotopic (exact) mass is 608 g/mol. The molecular weight excluding hydrogens is 560 g/mol. The molecule has 2 bridgehead atoms. The van der Waals surface area contributed by atoms with Crippen LogP contribution in [0, 0.1) is 17.3 Å². The maximum atomic E-state index is 14.2. The van der Waals surface area contributed by atoms with Crippen LogP contribution in [-0.2, 0) is 20.7 Å². The van der Waals surface area contributed by atoms with Crippen molar-refractivity contribution in [3.8, 4) is 11.6 Å². The number of hydrogen-bond donors (Lipinski definition) is 1. The van der Waals surface area contributed by atoms with E-state index in [2.05, 4.69) is 5.32 Å². The third-order valence-corrected chi connectivity index (χ3v) is 9.50. The zero-order chi connectivity index (χ0) is 31.4. The first kappa shape index (κ1) is 32.0. The fourth-order valence-electron chi connectivity index (χ4n) is 7.12.